The lowest BCUT2D eigenvalue weighted by atomic mass is 9.70. The molecule has 2 unspecified atom stereocenters. The molecule has 2 aliphatic rings. The van der Waals surface area contributed by atoms with E-state index in [4.69, 9.17) is 5.73 Å². The van der Waals surface area contributed by atoms with Crippen molar-refractivity contribution in [3.05, 3.63) is 0 Å². The van der Waals surface area contributed by atoms with Crippen LogP contribution in [0.5, 0.6) is 0 Å². The molecule has 2 atom stereocenters. The molecule has 21 heavy (non-hydrogen) atoms. The molecule has 0 bridgehead atoms. The smallest absolute Gasteiger partial charge is 0.0334 e. The number of rotatable bonds is 5. The molecule has 2 N–H and O–H groups in total. The molecule has 2 aliphatic carbocycles. The zero-order valence-corrected chi connectivity index (χ0v) is 14.9. The topological polar surface area (TPSA) is 29.3 Å². The number of nitrogens with zero attached hydrogens (tertiary/aromatic N) is 1. The van der Waals surface area contributed by atoms with Crippen LogP contribution in [-0.2, 0) is 0 Å². The lowest BCUT2D eigenvalue weighted by Crippen LogP contribution is -2.59. The maximum atomic E-state index is 6.32. The van der Waals surface area contributed by atoms with Crippen LogP contribution in [0.15, 0.2) is 0 Å². The van der Waals surface area contributed by atoms with Gasteiger partial charge in [0.05, 0.1) is 0 Å². The minimum Gasteiger partial charge on any atom is -0.329 e. The van der Waals surface area contributed by atoms with E-state index in [1.54, 1.807) is 0 Å². The van der Waals surface area contributed by atoms with Crippen LogP contribution in [0.4, 0.5) is 0 Å². The van der Waals surface area contributed by atoms with E-state index >= 15 is 0 Å². The lowest BCUT2D eigenvalue weighted by Gasteiger charge is -2.51. The van der Waals surface area contributed by atoms with Crippen molar-refractivity contribution in [1.29, 1.82) is 0 Å². The highest BCUT2D eigenvalue weighted by molar-refractivity contribution is 4.99. The van der Waals surface area contributed by atoms with Crippen LogP contribution in [0.2, 0.25) is 0 Å². The van der Waals surface area contributed by atoms with Crippen molar-refractivity contribution >= 4 is 0 Å². The molecule has 0 amide bonds. The quantitative estimate of drug-likeness (QED) is 0.812. The summed E-state index contributed by atoms with van der Waals surface area (Å²) in [5.74, 6) is 2.66. The number of hydrogen-bond acceptors (Lipinski definition) is 2. The molecule has 0 saturated heterocycles. The summed E-state index contributed by atoms with van der Waals surface area (Å²) in [4.78, 5) is 2.73. The number of nitrogens with two attached hydrogens (primary N) is 1. The molecule has 0 spiro atoms. The zero-order chi connectivity index (χ0) is 15.5. The van der Waals surface area contributed by atoms with E-state index in [2.05, 4.69) is 32.7 Å². The third kappa shape index (κ3) is 3.82. The number of likely N-dealkylation sites (N-methyl/N-ethyl adjacent to an activating group) is 1. The Bertz CT molecular complexity index is 307. The van der Waals surface area contributed by atoms with Crippen molar-refractivity contribution in [3.8, 4) is 0 Å². The normalized spacial score (nSPS) is 38.1. The van der Waals surface area contributed by atoms with Crippen molar-refractivity contribution in [2.45, 2.75) is 90.1 Å². The first-order valence-corrected chi connectivity index (χ1v) is 9.45. The predicted molar refractivity (Wildman–Crippen MR) is 92.4 cm³/mol. The zero-order valence-electron chi connectivity index (χ0n) is 14.9. The molecule has 2 rings (SSSR count). The van der Waals surface area contributed by atoms with Gasteiger partial charge in [0.25, 0.3) is 0 Å². The molecule has 0 aromatic heterocycles. The fourth-order valence-electron chi connectivity index (χ4n) is 4.93. The summed E-state index contributed by atoms with van der Waals surface area (Å²) in [6.07, 6.45) is 12.4. The van der Waals surface area contributed by atoms with Gasteiger partial charge in [-0.05, 0) is 63.3 Å². The lowest BCUT2D eigenvalue weighted by molar-refractivity contribution is -0.00107. The van der Waals surface area contributed by atoms with Gasteiger partial charge in [0.1, 0.15) is 0 Å². The van der Waals surface area contributed by atoms with E-state index in [1.165, 1.54) is 57.8 Å². The van der Waals surface area contributed by atoms with Crippen LogP contribution >= 0.6 is 0 Å². The third-order valence-corrected chi connectivity index (χ3v) is 6.87. The molecule has 0 radical (unpaired) electrons. The van der Waals surface area contributed by atoms with E-state index in [1.807, 2.05) is 0 Å². The SMILES string of the molecule is CCC1CCC(N(C)C2(CN)CCCC(C(C)C)C2)CC1. The predicted octanol–water partition coefficient (Wildman–Crippen LogP) is 4.43. The standard InChI is InChI=1S/C19H38N2/c1-5-16-8-10-18(11-9-16)21(4)19(14-20)12-6-7-17(13-19)15(2)3/h15-18H,5-14,20H2,1-4H3. The molecule has 0 aromatic rings. The van der Waals surface area contributed by atoms with Crippen LogP contribution in [0, 0.1) is 17.8 Å². The highest BCUT2D eigenvalue weighted by atomic mass is 15.2. The first-order valence-electron chi connectivity index (χ1n) is 9.45. The monoisotopic (exact) mass is 294 g/mol. The largest absolute Gasteiger partial charge is 0.329 e. The highest BCUT2D eigenvalue weighted by Gasteiger charge is 2.42. The second kappa shape index (κ2) is 7.46. The van der Waals surface area contributed by atoms with Crippen molar-refractivity contribution in [3.63, 3.8) is 0 Å². The molecule has 0 aromatic carbocycles. The van der Waals surface area contributed by atoms with E-state index in [9.17, 15) is 0 Å². The summed E-state index contributed by atoms with van der Waals surface area (Å²) in [7, 11) is 2.38. The van der Waals surface area contributed by atoms with E-state index in [0.717, 1.165) is 30.3 Å². The molecule has 124 valence electrons. The number of hydrogen-bond donors (Lipinski definition) is 1. The van der Waals surface area contributed by atoms with E-state index in [-0.39, 0.29) is 5.54 Å². The summed E-state index contributed by atoms with van der Waals surface area (Å²) in [6.45, 7) is 7.98. The fraction of sp³-hybridized carbons (Fsp3) is 1.00. The fourth-order valence-corrected chi connectivity index (χ4v) is 4.93. The van der Waals surface area contributed by atoms with Crippen LogP contribution in [0.3, 0.4) is 0 Å². The molecule has 2 fully saturated rings. The first kappa shape index (κ1) is 17.3. The molecule has 0 aliphatic heterocycles. The first-order chi connectivity index (χ1) is 10.0. The molecule has 2 nitrogen and oxygen atoms in total. The van der Waals surface area contributed by atoms with E-state index < -0.39 is 0 Å². The Kier molecular flexibility index (Phi) is 6.14. The minimum atomic E-state index is 0.289. The Hall–Kier alpha value is -0.0800. The van der Waals surface area contributed by atoms with Crippen molar-refractivity contribution in [1.82, 2.24) is 4.90 Å². The van der Waals surface area contributed by atoms with Gasteiger partial charge in [-0.3, -0.25) is 4.90 Å². The average molecular weight is 295 g/mol. The van der Waals surface area contributed by atoms with Gasteiger partial charge in [-0.1, -0.05) is 40.0 Å². The average Bonchev–Trinajstić information content (AvgIpc) is 2.54. The minimum absolute atomic E-state index is 0.289. The third-order valence-electron chi connectivity index (χ3n) is 6.87. The molecular formula is C19H38N2. The van der Waals surface area contributed by atoms with Crippen molar-refractivity contribution in [2.75, 3.05) is 13.6 Å². The molecule has 2 saturated carbocycles. The van der Waals surface area contributed by atoms with E-state index in [0.29, 0.717) is 0 Å². The maximum Gasteiger partial charge on any atom is 0.0334 e. The Morgan fingerprint density at radius 1 is 1.14 bits per heavy atom. The maximum absolute atomic E-state index is 6.32. The summed E-state index contributed by atoms with van der Waals surface area (Å²) < 4.78 is 0. The Labute approximate surface area is 132 Å². The van der Waals surface area contributed by atoms with Gasteiger partial charge in [-0.2, -0.15) is 0 Å². The summed E-state index contributed by atoms with van der Waals surface area (Å²) in [5.41, 5.74) is 6.61. The molecule has 2 heteroatoms. The molecule has 0 heterocycles. The van der Waals surface area contributed by atoms with Crippen LogP contribution in [0.1, 0.15) is 78.6 Å². The van der Waals surface area contributed by atoms with Crippen LogP contribution < -0.4 is 5.73 Å². The van der Waals surface area contributed by atoms with Gasteiger partial charge in [0.2, 0.25) is 0 Å². The highest BCUT2D eigenvalue weighted by Crippen LogP contribution is 2.42. The van der Waals surface area contributed by atoms with Gasteiger partial charge in [0.15, 0.2) is 0 Å². The summed E-state index contributed by atoms with van der Waals surface area (Å²) in [6, 6.07) is 0.780. The van der Waals surface area contributed by atoms with Gasteiger partial charge in [0, 0.05) is 18.1 Å². The summed E-state index contributed by atoms with van der Waals surface area (Å²) >= 11 is 0. The Balaban J connectivity index is 2.02. The second-order valence-electron chi connectivity index (χ2n) is 8.22. The van der Waals surface area contributed by atoms with Crippen molar-refractivity contribution in [2.24, 2.45) is 23.5 Å². The molecular weight excluding hydrogens is 256 g/mol. The second-order valence-corrected chi connectivity index (χ2v) is 8.22. The Morgan fingerprint density at radius 3 is 2.33 bits per heavy atom. The van der Waals surface area contributed by atoms with Gasteiger partial charge in [-0.25, -0.2) is 0 Å². The van der Waals surface area contributed by atoms with Gasteiger partial charge < -0.3 is 5.73 Å². The van der Waals surface area contributed by atoms with Gasteiger partial charge >= 0.3 is 0 Å². The summed E-state index contributed by atoms with van der Waals surface area (Å²) in [5, 5.41) is 0. The Morgan fingerprint density at radius 2 is 1.81 bits per heavy atom. The van der Waals surface area contributed by atoms with Crippen molar-refractivity contribution < 1.29 is 0 Å². The van der Waals surface area contributed by atoms with Crippen LogP contribution in [0.25, 0.3) is 0 Å². The van der Waals surface area contributed by atoms with Gasteiger partial charge in [-0.15, -0.1) is 0 Å². The van der Waals surface area contributed by atoms with Crippen LogP contribution in [-0.4, -0.2) is 30.1 Å².